The minimum Gasteiger partial charge on any atom is -0.451 e. The fourth-order valence-electron chi connectivity index (χ4n) is 1.55. The molecule has 68 valence electrons. The molecule has 1 unspecified atom stereocenters. The fraction of sp³-hybridized carbons (Fsp3) is 0.700. The molecule has 0 aliphatic carbocycles. The van der Waals surface area contributed by atoms with Crippen molar-refractivity contribution in [2.75, 3.05) is 0 Å². The first-order valence-corrected chi connectivity index (χ1v) is 4.61. The summed E-state index contributed by atoms with van der Waals surface area (Å²) < 4.78 is 5.00. The van der Waals surface area contributed by atoms with Crippen LogP contribution in [0.2, 0.25) is 0 Å². The molecule has 0 amide bonds. The van der Waals surface area contributed by atoms with Crippen molar-refractivity contribution in [3.63, 3.8) is 0 Å². The van der Waals surface area contributed by atoms with Crippen LogP contribution < -0.4 is 0 Å². The molecule has 2 nitrogen and oxygen atoms in total. The van der Waals surface area contributed by atoms with E-state index in [0.29, 0.717) is 0 Å². The molecule has 12 heavy (non-hydrogen) atoms. The van der Waals surface area contributed by atoms with Gasteiger partial charge in [0, 0.05) is 5.41 Å². The number of oxazole rings is 1. The SMILES string of the molecule is CCCC(C)(CC)c1cocn1. The van der Waals surface area contributed by atoms with Crippen LogP contribution in [0.25, 0.3) is 0 Å². The lowest BCUT2D eigenvalue weighted by Gasteiger charge is -2.24. The van der Waals surface area contributed by atoms with E-state index in [1.54, 1.807) is 6.26 Å². The summed E-state index contributed by atoms with van der Waals surface area (Å²) in [5.74, 6) is 0. The van der Waals surface area contributed by atoms with Crippen LogP contribution in [0, 0.1) is 0 Å². The Hall–Kier alpha value is -0.790. The first-order valence-electron chi connectivity index (χ1n) is 4.61. The summed E-state index contributed by atoms with van der Waals surface area (Å²) in [5, 5.41) is 0. The van der Waals surface area contributed by atoms with E-state index < -0.39 is 0 Å². The molecular weight excluding hydrogens is 150 g/mol. The van der Waals surface area contributed by atoms with Crippen LogP contribution >= 0.6 is 0 Å². The Morgan fingerprint density at radius 3 is 2.67 bits per heavy atom. The van der Waals surface area contributed by atoms with Gasteiger partial charge in [0.25, 0.3) is 0 Å². The van der Waals surface area contributed by atoms with Crippen LogP contribution in [0.5, 0.6) is 0 Å². The molecule has 0 fully saturated rings. The highest BCUT2D eigenvalue weighted by molar-refractivity contribution is 5.09. The van der Waals surface area contributed by atoms with E-state index in [4.69, 9.17) is 4.42 Å². The fourth-order valence-corrected chi connectivity index (χ4v) is 1.55. The van der Waals surface area contributed by atoms with E-state index >= 15 is 0 Å². The maximum Gasteiger partial charge on any atom is 0.180 e. The molecule has 2 heteroatoms. The second-order valence-electron chi connectivity index (χ2n) is 3.54. The van der Waals surface area contributed by atoms with Crippen LogP contribution in [0.15, 0.2) is 17.1 Å². The van der Waals surface area contributed by atoms with Gasteiger partial charge in [-0.3, -0.25) is 0 Å². The highest BCUT2D eigenvalue weighted by Crippen LogP contribution is 2.30. The van der Waals surface area contributed by atoms with Gasteiger partial charge in [0.05, 0.1) is 5.69 Å². The molecule has 1 aromatic heterocycles. The average molecular weight is 167 g/mol. The summed E-state index contributed by atoms with van der Waals surface area (Å²) in [4.78, 5) is 4.21. The Balaban J connectivity index is 2.80. The number of nitrogens with zero attached hydrogens (tertiary/aromatic N) is 1. The molecule has 1 heterocycles. The Labute approximate surface area is 74.0 Å². The van der Waals surface area contributed by atoms with Gasteiger partial charge >= 0.3 is 0 Å². The van der Waals surface area contributed by atoms with Crippen LogP contribution in [-0.2, 0) is 5.41 Å². The summed E-state index contributed by atoms with van der Waals surface area (Å²) >= 11 is 0. The van der Waals surface area contributed by atoms with Crippen LogP contribution in [-0.4, -0.2) is 4.98 Å². The molecule has 0 N–H and O–H groups in total. The zero-order chi connectivity index (χ0) is 9.03. The highest BCUT2D eigenvalue weighted by atomic mass is 16.3. The first-order chi connectivity index (χ1) is 5.73. The van der Waals surface area contributed by atoms with Gasteiger partial charge in [-0.15, -0.1) is 0 Å². The van der Waals surface area contributed by atoms with Gasteiger partial charge in [-0.1, -0.05) is 27.2 Å². The third kappa shape index (κ3) is 1.68. The van der Waals surface area contributed by atoms with E-state index in [-0.39, 0.29) is 5.41 Å². The van der Waals surface area contributed by atoms with Gasteiger partial charge in [0.1, 0.15) is 6.26 Å². The quantitative estimate of drug-likeness (QED) is 0.688. The molecule has 0 spiro atoms. The maximum absolute atomic E-state index is 5.00. The Morgan fingerprint density at radius 2 is 2.25 bits per heavy atom. The van der Waals surface area contributed by atoms with E-state index in [0.717, 1.165) is 12.1 Å². The molecule has 0 aliphatic heterocycles. The van der Waals surface area contributed by atoms with Crippen molar-refractivity contribution in [3.05, 3.63) is 18.4 Å². The van der Waals surface area contributed by atoms with Gasteiger partial charge in [-0.25, -0.2) is 4.98 Å². The minimum atomic E-state index is 0.210. The van der Waals surface area contributed by atoms with Crippen molar-refractivity contribution < 1.29 is 4.42 Å². The van der Waals surface area contributed by atoms with Gasteiger partial charge in [-0.2, -0.15) is 0 Å². The second-order valence-corrected chi connectivity index (χ2v) is 3.54. The lowest BCUT2D eigenvalue weighted by molar-refractivity contribution is 0.400. The first kappa shape index (κ1) is 9.30. The van der Waals surface area contributed by atoms with Crippen molar-refractivity contribution in [3.8, 4) is 0 Å². The zero-order valence-corrected chi connectivity index (χ0v) is 8.13. The summed E-state index contributed by atoms with van der Waals surface area (Å²) in [6.07, 6.45) is 6.76. The van der Waals surface area contributed by atoms with E-state index in [9.17, 15) is 0 Å². The van der Waals surface area contributed by atoms with Crippen molar-refractivity contribution in [2.45, 2.75) is 45.4 Å². The molecule has 0 aromatic carbocycles. The lowest BCUT2D eigenvalue weighted by atomic mass is 9.80. The molecular formula is C10H17NO. The molecule has 0 saturated carbocycles. The Morgan fingerprint density at radius 1 is 1.50 bits per heavy atom. The number of hydrogen-bond acceptors (Lipinski definition) is 2. The van der Waals surface area contributed by atoms with Gasteiger partial charge in [0.15, 0.2) is 6.39 Å². The van der Waals surface area contributed by atoms with Crippen molar-refractivity contribution in [1.82, 2.24) is 4.98 Å². The molecule has 0 radical (unpaired) electrons. The predicted octanol–water partition coefficient (Wildman–Crippen LogP) is 3.14. The van der Waals surface area contributed by atoms with Crippen molar-refractivity contribution >= 4 is 0 Å². The largest absolute Gasteiger partial charge is 0.451 e. The summed E-state index contributed by atoms with van der Waals surface area (Å²) in [7, 11) is 0. The van der Waals surface area contributed by atoms with E-state index in [1.165, 1.54) is 19.2 Å². The summed E-state index contributed by atoms with van der Waals surface area (Å²) in [5.41, 5.74) is 1.30. The molecule has 0 bridgehead atoms. The van der Waals surface area contributed by atoms with Crippen LogP contribution in [0.1, 0.15) is 45.7 Å². The smallest absolute Gasteiger partial charge is 0.180 e. The Kier molecular flexibility index (Phi) is 2.90. The molecule has 0 saturated heterocycles. The summed E-state index contributed by atoms with van der Waals surface area (Å²) in [6.45, 7) is 6.65. The zero-order valence-electron chi connectivity index (χ0n) is 8.13. The van der Waals surface area contributed by atoms with Gasteiger partial charge < -0.3 is 4.42 Å². The molecule has 1 aromatic rings. The van der Waals surface area contributed by atoms with E-state index in [1.807, 2.05) is 0 Å². The number of hydrogen-bond donors (Lipinski definition) is 0. The number of rotatable bonds is 4. The average Bonchev–Trinajstić information content (AvgIpc) is 2.57. The van der Waals surface area contributed by atoms with Crippen molar-refractivity contribution in [1.29, 1.82) is 0 Å². The minimum absolute atomic E-state index is 0.210. The van der Waals surface area contributed by atoms with Gasteiger partial charge in [0.2, 0.25) is 0 Å². The summed E-state index contributed by atoms with van der Waals surface area (Å²) in [6, 6.07) is 0. The topological polar surface area (TPSA) is 26.0 Å². The van der Waals surface area contributed by atoms with Crippen LogP contribution in [0.3, 0.4) is 0 Å². The third-order valence-electron chi connectivity index (χ3n) is 2.63. The monoisotopic (exact) mass is 167 g/mol. The third-order valence-corrected chi connectivity index (χ3v) is 2.63. The molecule has 0 aliphatic rings. The standard InChI is InChI=1S/C10H17NO/c1-4-6-10(3,5-2)9-7-12-8-11-9/h7-8H,4-6H2,1-3H3. The molecule has 1 atom stereocenters. The normalized spacial score (nSPS) is 15.9. The Bertz CT molecular complexity index is 218. The lowest BCUT2D eigenvalue weighted by Crippen LogP contribution is -2.20. The van der Waals surface area contributed by atoms with Gasteiger partial charge in [-0.05, 0) is 12.8 Å². The maximum atomic E-state index is 5.00. The second kappa shape index (κ2) is 3.74. The van der Waals surface area contributed by atoms with E-state index in [2.05, 4.69) is 25.8 Å². The highest BCUT2D eigenvalue weighted by Gasteiger charge is 2.25. The number of aromatic nitrogens is 1. The van der Waals surface area contributed by atoms with Crippen molar-refractivity contribution in [2.24, 2.45) is 0 Å². The van der Waals surface area contributed by atoms with Crippen LogP contribution in [0.4, 0.5) is 0 Å². The predicted molar refractivity (Wildman–Crippen MR) is 49.1 cm³/mol. The molecule has 1 rings (SSSR count).